The Kier molecular flexibility index (Phi) is 7.16. The second kappa shape index (κ2) is 9.67. The number of rotatable bonds is 6. The molecule has 1 aromatic heterocycles. The number of benzene rings is 2. The van der Waals surface area contributed by atoms with Crippen molar-refractivity contribution in [2.45, 2.75) is 30.4 Å². The lowest BCUT2D eigenvalue weighted by atomic mass is 10.1. The van der Waals surface area contributed by atoms with Crippen molar-refractivity contribution in [1.29, 1.82) is 5.26 Å². The number of nitriles is 1. The van der Waals surface area contributed by atoms with Crippen LogP contribution in [0.25, 0.3) is 0 Å². The van der Waals surface area contributed by atoms with Crippen LogP contribution in [0.15, 0.2) is 52.5 Å². The van der Waals surface area contributed by atoms with E-state index in [-0.39, 0.29) is 22.6 Å². The SMILES string of the molecule is CCc1cn(C)c(SCc2ccc(Oc3ccc(Cl)c(C(F)(F)F)c3)c(C#N)c2)nc1=O. The summed E-state index contributed by atoms with van der Waals surface area (Å²) in [5, 5.41) is 9.57. The molecule has 0 N–H and O–H groups in total. The van der Waals surface area contributed by atoms with E-state index in [0.29, 0.717) is 22.9 Å². The van der Waals surface area contributed by atoms with Crippen molar-refractivity contribution in [1.82, 2.24) is 9.55 Å². The van der Waals surface area contributed by atoms with Crippen LogP contribution >= 0.6 is 23.4 Å². The molecule has 0 atom stereocenters. The first-order valence-corrected chi connectivity index (χ1v) is 10.8. The van der Waals surface area contributed by atoms with Gasteiger partial charge in [-0.2, -0.15) is 23.4 Å². The van der Waals surface area contributed by atoms with Crippen LogP contribution in [0.2, 0.25) is 5.02 Å². The summed E-state index contributed by atoms with van der Waals surface area (Å²) in [6.45, 7) is 1.88. The Morgan fingerprint density at radius 1 is 1.25 bits per heavy atom. The summed E-state index contributed by atoms with van der Waals surface area (Å²) >= 11 is 6.96. The van der Waals surface area contributed by atoms with Crippen molar-refractivity contribution in [3.05, 3.63) is 80.2 Å². The average molecular weight is 480 g/mol. The van der Waals surface area contributed by atoms with Crippen LogP contribution in [0.5, 0.6) is 11.5 Å². The maximum atomic E-state index is 13.1. The smallest absolute Gasteiger partial charge is 0.417 e. The zero-order chi connectivity index (χ0) is 23.5. The van der Waals surface area contributed by atoms with Crippen LogP contribution in [0.4, 0.5) is 13.2 Å². The fourth-order valence-electron chi connectivity index (χ4n) is 2.86. The summed E-state index contributed by atoms with van der Waals surface area (Å²) < 4.78 is 46.5. The molecule has 0 aliphatic carbocycles. The summed E-state index contributed by atoms with van der Waals surface area (Å²) in [5.74, 6) is 0.463. The molecule has 0 spiro atoms. The maximum Gasteiger partial charge on any atom is 0.417 e. The molecule has 0 fully saturated rings. The van der Waals surface area contributed by atoms with Crippen molar-refractivity contribution in [3.63, 3.8) is 0 Å². The molecule has 0 aliphatic rings. The Hall–Kier alpha value is -2.96. The summed E-state index contributed by atoms with van der Waals surface area (Å²) in [6.07, 6.45) is -2.29. The van der Waals surface area contributed by atoms with Gasteiger partial charge in [-0.05, 0) is 42.3 Å². The first-order chi connectivity index (χ1) is 15.1. The van der Waals surface area contributed by atoms with E-state index < -0.39 is 16.8 Å². The first kappa shape index (κ1) is 23.7. The van der Waals surface area contributed by atoms with Gasteiger partial charge in [0.15, 0.2) is 5.16 Å². The van der Waals surface area contributed by atoms with E-state index in [2.05, 4.69) is 4.98 Å². The largest absolute Gasteiger partial charge is 0.456 e. The average Bonchev–Trinajstić information content (AvgIpc) is 2.75. The molecule has 0 bridgehead atoms. The second-order valence-electron chi connectivity index (χ2n) is 6.79. The minimum atomic E-state index is -4.63. The van der Waals surface area contributed by atoms with Gasteiger partial charge in [-0.15, -0.1) is 0 Å². The van der Waals surface area contributed by atoms with Crippen molar-refractivity contribution >= 4 is 23.4 Å². The maximum absolute atomic E-state index is 13.1. The molecule has 2 aromatic carbocycles. The Balaban J connectivity index is 1.80. The Bertz CT molecular complexity index is 1250. The summed E-state index contributed by atoms with van der Waals surface area (Å²) in [7, 11) is 1.80. The minimum Gasteiger partial charge on any atom is -0.456 e. The quantitative estimate of drug-likeness (QED) is 0.322. The number of halogens is 4. The van der Waals surface area contributed by atoms with Crippen molar-refractivity contribution in [2.75, 3.05) is 0 Å². The summed E-state index contributed by atoms with van der Waals surface area (Å²) in [6, 6.07) is 9.98. The lowest BCUT2D eigenvalue weighted by molar-refractivity contribution is -0.137. The molecular formula is C22H17ClF3N3O2S. The normalized spacial score (nSPS) is 11.3. The van der Waals surface area contributed by atoms with Gasteiger partial charge in [0, 0.05) is 24.6 Å². The van der Waals surface area contributed by atoms with E-state index in [1.165, 1.54) is 23.9 Å². The fraction of sp³-hybridized carbons (Fsp3) is 0.227. The second-order valence-corrected chi connectivity index (χ2v) is 8.14. The van der Waals surface area contributed by atoms with Crippen LogP contribution in [0.1, 0.15) is 29.2 Å². The molecule has 5 nitrogen and oxygen atoms in total. The fourth-order valence-corrected chi connectivity index (χ4v) is 3.97. The van der Waals surface area contributed by atoms with E-state index in [4.69, 9.17) is 16.3 Å². The van der Waals surface area contributed by atoms with Crippen LogP contribution < -0.4 is 10.3 Å². The van der Waals surface area contributed by atoms with E-state index in [1.807, 2.05) is 13.0 Å². The number of aromatic nitrogens is 2. The lowest BCUT2D eigenvalue weighted by Crippen LogP contribution is -2.17. The van der Waals surface area contributed by atoms with E-state index in [9.17, 15) is 23.2 Å². The van der Waals surface area contributed by atoms with Gasteiger partial charge in [0.05, 0.1) is 16.1 Å². The molecule has 166 valence electrons. The molecule has 10 heteroatoms. The molecule has 32 heavy (non-hydrogen) atoms. The van der Waals surface area contributed by atoms with E-state index in [1.54, 1.807) is 29.9 Å². The highest BCUT2D eigenvalue weighted by atomic mass is 35.5. The van der Waals surface area contributed by atoms with E-state index in [0.717, 1.165) is 17.7 Å². The number of thioether (sulfide) groups is 1. The highest BCUT2D eigenvalue weighted by molar-refractivity contribution is 7.98. The van der Waals surface area contributed by atoms with Crippen molar-refractivity contribution in [3.8, 4) is 17.6 Å². The minimum absolute atomic E-state index is 0.0874. The number of alkyl halides is 3. The molecular weight excluding hydrogens is 463 g/mol. The van der Waals surface area contributed by atoms with Gasteiger partial charge in [0.2, 0.25) is 0 Å². The predicted molar refractivity (Wildman–Crippen MR) is 116 cm³/mol. The molecule has 3 rings (SSSR count). The third-order valence-corrected chi connectivity index (χ3v) is 5.95. The number of aryl methyl sites for hydroxylation is 2. The molecule has 0 unspecified atom stereocenters. The van der Waals surface area contributed by atoms with Crippen LogP contribution in [0, 0.1) is 11.3 Å². The first-order valence-electron chi connectivity index (χ1n) is 9.39. The van der Waals surface area contributed by atoms with Gasteiger partial charge in [-0.25, -0.2) is 0 Å². The molecule has 0 radical (unpaired) electrons. The standard InChI is InChI=1S/C22H17ClF3N3O2S/c1-3-14-11-29(2)21(28-20(14)30)32-12-13-4-7-19(15(8-13)10-27)31-16-5-6-18(23)17(9-16)22(24,25)26/h4-9,11H,3,12H2,1-2H3. The topological polar surface area (TPSA) is 67.9 Å². The summed E-state index contributed by atoms with van der Waals surface area (Å²) in [4.78, 5) is 16.1. The Labute approximate surface area is 191 Å². The molecule has 0 saturated carbocycles. The van der Waals surface area contributed by atoms with Crippen LogP contribution in [-0.4, -0.2) is 9.55 Å². The number of ether oxygens (including phenoxy) is 1. The van der Waals surface area contributed by atoms with Crippen molar-refractivity contribution < 1.29 is 17.9 Å². The van der Waals surface area contributed by atoms with Gasteiger partial charge < -0.3 is 9.30 Å². The third-order valence-electron chi connectivity index (χ3n) is 4.51. The zero-order valence-corrected chi connectivity index (χ0v) is 18.6. The highest BCUT2D eigenvalue weighted by Crippen LogP contribution is 2.38. The van der Waals surface area contributed by atoms with Crippen LogP contribution in [0.3, 0.4) is 0 Å². The number of hydrogen-bond acceptors (Lipinski definition) is 5. The Morgan fingerprint density at radius 2 is 2.00 bits per heavy atom. The number of nitrogens with zero attached hydrogens (tertiary/aromatic N) is 3. The monoisotopic (exact) mass is 479 g/mol. The highest BCUT2D eigenvalue weighted by Gasteiger charge is 2.33. The molecule has 1 heterocycles. The van der Waals surface area contributed by atoms with E-state index >= 15 is 0 Å². The van der Waals surface area contributed by atoms with Gasteiger partial charge in [-0.3, -0.25) is 4.79 Å². The Morgan fingerprint density at radius 3 is 2.66 bits per heavy atom. The molecule has 0 aliphatic heterocycles. The van der Waals surface area contributed by atoms with Gasteiger partial charge in [0.1, 0.15) is 17.6 Å². The molecule has 0 saturated heterocycles. The molecule has 3 aromatic rings. The zero-order valence-electron chi connectivity index (χ0n) is 17.0. The molecule has 0 amide bonds. The lowest BCUT2D eigenvalue weighted by Gasteiger charge is -2.13. The van der Waals surface area contributed by atoms with Gasteiger partial charge in [-0.1, -0.05) is 36.4 Å². The van der Waals surface area contributed by atoms with Crippen molar-refractivity contribution in [2.24, 2.45) is 7.05 Å². The summed E-state index contributed by atoms with van der Waals surface area (Å²) in [5.41, 5.74) is 0.266. The van der Waals surface area contributed by atoms with Crippen LogP contribution in [-0.2, 0) is 25.4 Å². The number of hydrogen-bond donors (Lipinski definition) is 0. The predicted octanol–water partition coefficient (Wildman–Crippen LogP) is 5.97. The third kappa shape index (κ3) is 5.44. The van der Waals surface area contributed by atoms with Gasteiger partial charge in [0.25, 0.3) is 5.56 Å². The van der Waals surface area contributed by atoms with Gasteiger partial charge >= 0.3 is 6.18 Å².